The molecule has 0 bridgehead atoms. The average Bonchev–Trinajstić information content (AvgIpc) is 3.08. The van der Waals surface area contributed by atoms with Crippen LogP contribution in [0.2, 0.25) is 0 Å². The van der Waals surface area contributed by atoms with Crippen LogP contribution in [0.4, 0.5) is 0 Å². The van der Waals surface area contributed by atoms with Crippen LogP contribution in [0.25, 0.3) is 0 Å². The number of thioether (sulfide) groups is 1. The lowest BCUT2D eigenvalue weighted by molar-refractivity contribution is -0.132. The van der Waals surface area contributed by atoms with Crippen molar-refractivity contribution in [2.24, 2.45) is 0 Å². The standard InChI is InChI=1S/C23H34N2O2S/c1-5-6-7-20(26)24-14-12-23(13-15-24)25(16-17-28-23)21(27)18-8-10-19(11-9-18)22(2,3)4/h8-11H,5-7,12-17H2,1-4H3. The molecule has 2 heterocycles. The number of rotatable bonds is 4. The molecule has 1 aromatic rings. The Hall–Kier alpha value is -1.49. The molecule has 4 nitrogen and oxygen atoms in total. The molecule has 0 radical (unpaired) electrons. The Kier molecular flexibility index (Phi) is 6.43. The number of piperidine rings is 1. The molecular weight excluding hydrogens is 368 g/mol. The minimum absolute atomic E-state index is 0.0867. The highest BCUT2D eigenvalue weighted by molar-refractivity contribution is 8.00. The summed E-state index contributed by atoms with van der Waals surface area (Å²) in [7, 11) is 0. The van der Waals surface area contributed by atoms with Gasteiger partial charge < -0.3 is 9.80 Å². The van der Waals surface area contributed by atoms with Crippen molar-refractivity contribution in [1.82, 2.24) is 9.80 Å². The zero-order chi connectivity index (χ0) is 20.4. The highest BCUT2D eigenvalue weighted by atomic mass is 32.2. The summed E-state index contributed by atoms with van der Waals surface area (Å²) in [6, 6.07) is 8.11. The van der Waals surface area contributed by atoms with Crippen LogP contribution < -0.4 is 0 Å². The van der Waals surface area contributed by atoms with Crippen molar-refractivity contribution in [3.63, 3.8) is 0 Å². The number of hydrogen-bond donors (Lipinski definition) is 0. The van der Waals surface area contributed by atoms with Gasteiger partial charge in [-0.2, -0.15) is 0 Å². The maximum Gasteiger partial charge on any atom is 0.254 e. The Morgan fingerprint density at radius 2 is 1.71 bits per heavy atom. The number of amides is 2. The first-order chi connectivity index (χ1) is 13.3. The maximum atomic E-state index is 13.3. The van der Waals surface area contributed by atoms with Crippen molar-refractivity contribution in [1.29, 1.82) is 0 Å². The molecule has 5 heteroatoms. The molecule has 2 aliphatic rings. The molecule has 3 rings (SSSR count). The Morgan fingerprint density at radius 3 is 2.29 bits per heavy atom. The molecule has 2 fully saturated rings. The lowest BCUT2D eigenvalue weighted by Gasteiger charge is -2.44. The molecule has 0 unspecified atom stereocenters. The van der Waals surface area contributed by atoms with Gasteiger partial charge in [-0.05, 0) is 42.4 Å². The van der Waals surface area contributed by atoms with Crippen LogP contribution in [0.3, 0.4) is 0 Å². The zero-order valence-corrected chi connectivity index (χ0v) is 18.6. The van der Waals surface area contributed by atoms with E-state index < -0.39 is 0 Å². The normalized spacial score (nSPS) is 19.3. The van der Waals surface area contributed by atoms with E-state index in [0.29, 0.717) is 6.42 Å². The number of likely N-dealkylation sites (tertiary alicyclic amines) is 1. The van der Waals surface area contributed by atoms with E-state index in [1.165, 1.54) is 5.56 Å². The van der Waals surface area contributed by atoms with Crippen molar-refractivity contribution in [2.75, 3.05) is 25.4 Å². The molecule has 2 saturated heterocycles. The number of benzene rings is 1. The van der Waals surface area contributed by atoms with Crippen LogP contribution in [0.5, 0.6) is 0 Å². The number of nitrogens with zero attached hydrogens (tertiary/aromatic N) is 2. The summed E-state index contributed by atoms with van der Waals surface area (Å²) in [5.74, 6) is 1.39. The third kappa shape index (κ3) is 4.40. The average molecular weight is 403 g/mol. The zero-order valence-electron chi connectivity index (χ0n) is 17.8. The lowest BCUT2D eigenvalue weighted by atomic mass is 9.86. The predicted octanol–water partition coefficient (Wildman–Crippen LogP) is 4.68. The summed E-state index contributed by atoms with van der Waals surface area (Å²) < 4.78 is 0. The first-order valence-electron chi connectivity index (χ1n) is 10.6. The lowest BCUT2D eigenvalue weighted by Crippen LogP contribution is -2.53. The van der Waals surface area contributed by atoms with Crippen LogP contribution in [-0.4, -0.2) is 51.9 Å². The van der Waals surface area contributed by atoms with Crippen molar-refractivity contribution >= 4 is 23.6 Å². The third-order valence-electron chi connectivity index (χ3n) is 6.06. The molecule has 28 heavy (non-hydrogen) atoms. The second-order valence-corrected chi connectivity index (χ2v) is 10.5. The van der Waals surface area contributed by atoms with Gasteiger partial charge in [0.2, 0.25) is 5.91 Å². The molecule has 0 N–H and O–H groups in total. The highest BCUT2D eigenvalue weighted by Crippen LogP contribution is 2.44. The van der Waals surface area contributed by atoms with Crippen molar-refractivity contribution in [3.8, 4) is 0 Å². The van der Waals surface area contributed by atoms with Gasteiger partial charge in [-0.1, -0.05) is 46.2 Å². The Balaban J connectivity index is 1.68. The van der Waals surface area contributed by atoms with Gasteiger partial charge in [-0.25, -0.2) is 0 Å². The number of unbranched alkanes of at least 4 members (excludes halogenated alkanes) is 1. The highest BCUT2D eigenvalue weighted by Gasteiger charge is 2.46. The van der Waals surface area contributed by atoms with E-state index in [9.17, 15) is 9.59 Å². The van der Waals surface area contributed by atoms with Crippen molar-refractivity contribution in [2.45, 2.75) is 70.1 Å². The van der Waals surface area contributed by atoms with E-state index in [1.54, 1.807) is 0 Å². The number of carbonyl (C=O) groups excluding carboxylic acids is 2. The van der Waals surface area contributed by atoms with Gasteiger partial charge >= 0.3 is 0 Å². The molecule has 0 saturated carbocycles. The van der Waals surface area contributed by atoms with E-state index in [0.717, 1.165) is 56.6 Å². The largest absolute Gasteiger partial charge is 0.342 e. The van der Waals surface area contributed by atoms with Crippen molar-refractivity contribution in [3.05, 3.63) is 35.4 Å². The topological polar surface area (TPSA) is 40.6 Å². The first kappa shape index (κ1) is 21.2. The summed E-state index contributed by atoms with van der Waals surface area (Å²) in [6.45, 7) is 11.0. The minimum atomic E-state index is -0.138. The maximum absolute atomic E-state index is 13.3. The molecule has 1 spiro atoms. The van der Waals surface area contributed by atoms with Gasteiger partial charge in [0.25, 0.3) is 5.91 Å². The van der Waals surface area contributed by atoms with Gasteiger partial charge in [0.1, 0.15) is 0 Å². The van der Waals surface area contributed by atoms with E-state index in [1.807, 2.05) is 28.8 Å². The molecule has 0 aliphatic carbocycles. The summed E-state index contributed by atoms with van der Waals surface area (Å²) in [5, 5.41) is 0. The minimum Gasteiger partial charge on any atom is -0.342 e. The van der Waals surface area contributed by atoms with Crippen LogP contribution in [-0.2, 0) is 10.2 Å². The van der Waals surface area contributed by atoms with Crippen LogP contribution in [0, 0.1) is 0 Å². The molecule has 1 aromatic carbocycles. The number of hydrogen-bond acceptors (Lipinski definition) is 3. The fraction of sp³-hybridized carbons (Fsp3) is 0.652. The van der Waals surface area contributed by atoms with Crippen LogP contribution in [0.15, 0.2) is 24.3 Å². The quantitative estimate of drug-likeness (QED) is 0.734. The summed E-state index contributed by atoms with van der Waals surface area (Å²) in [4.78, 5) is 29.6. The second kappa shape index (κ2) is 8.48. The smallest absolute Gasteiger partial charge is 0.254 e. The van der Waals surface area contributed by atoms with E-state index >= 15 is 0 Å². The fourth-order valence-electron chi connectivity index (χ4n) is 4.17. The second-order valence-electron chi connectivity index (χ2n) is 9.06. The summed E-state index contributed by atoms with van der Waals surface area (Å²) in [5.41, 5.74) is 2.11. The molecule has 2 amide bonds. The van der Waals surface area contributed by atoms with Crippen LogP contribution >= 0.6 is 11.8 Å². The van der Waals surface area contributed by atoms with Gasteiger partial charge in [0.15, 0.2) is 0 Å². The molecule has 0 atom stereocenters. The van der Waals surface area contributed by atoms with Gasteiger partial charge in [0.05, 0.1) is 4.87 Å². The van der Waals surface area contributed by atoms with Gasteiger partial charge in [-0.3, -0.25) is 9.59 Å². The molecule has 0 aromatic heterocycles. The first-order valence-corrected chi connectivity index (χ1v) is 11.6. The van der Waals surface area contributed by atoms with E-state index in [2.05, 4.69) is 44.7 Å². The SMILES string of the molecule is CCCCC(=O)N1CCC2(CC1)SCCN2C(=O)c1ccc(C(C)(C)C)cc1. The third-order valence-corrected chi connectivity index (χ3v) is 7.61. The van der Waals surface area contributed by atoms with Gasteiger partial charge in [0, 0.05) is 37.4 Å². The van der Waals surface area contributed by atoms with Gasteiger partial charge in [-0.15, -0.1) is 11.8 Å². The fourth-order valence-corrected chi connectivity index (χ4v) is 5.62. The Labute approximate surface area is 174 Å². The van der Waals surface area contributed by atoms with Crippen LogP contribution in [0.1, 0.15) is 75.7 Å². The monoisotopic (exact) mass is 402 g/mol. The number of carbonyl (C=O) groups is 2. The Bertz CT molecular complexity index is 700. The molecule has 154 valence electrons. The molecule has 2 aliphatic heterocycles. The van der Waals surface area contributed by atoms with E-state index in [-0.39, 0.29) is 22.1 Å². The van der Waals surface area contributed by atoms with Crippen molar-refractivity contribution < 1.29 is 9.59 Å². The predicted molar refractivity (Wildman–Crippen MR) is 117 cm³/mol. The summed E-state index contributed by atoms with van der Waals surface area (Å²) >= 11 is 1.90. The molecular formula is C23H34N2O2S. The summed E-state index contributed by atoms with van der Waals surface area (Å²) in [6.07, 6.45) is 4.42. The Morgan fingerprint density at radius 1 is 1.07 bits per heavy atom. The van der Waals surface area contributed by atoms with E-state index in [4.69, 9.17) is 0 Å².